The van der Waals surface area contributed by atoms with Crippen LogP contribution in [0.5, 0.6) is 0 Å². The highest BCUT2D eigenvalue weighted by atomic mass is 16.4. The summed E-state index contributed by atoms with van der Waals surface area (Å²) in [6, 6.07) is 70.1. The summed E-state index contributed by atoms with van der Waals surface area (Å²) in [7, 11) is 4.22. The first kappa shape index (κ1) is 77.6. The summed E-state index contributed by atoms with van der Waals surface area (Å²) in [6.07, 6.45) is 22.7. The van der Waals surface area contributed by atoms with Gasteiger partial charge in [-0.3, -0.25) is 0 Å². The quantitative estimate of drug-likeness (QED) is 0.141. The van der Waals surface area contributed by atoms with E-state index in [1.807, 2.05) is 36.4 Å². The number of hydrogen-bond donors (Lipinski definition) is 0. The predicted octanol–water partition coefficient (Wildman–Crippen LogP) is 25.2. The largest absolute Gasteiger partial charge is 0.435 e. The van der Waals surface area contributed by atoms with Crippen molar-refractivity contribution in [3.8, 4) is 0 Å². The summed E-state index contributed by atoms with van der Waals surface area (Å²) in [5.74, 6) is 0. The van der Waals surface area contributed by atoms with E-state index in [4.69, 9.17) is 22.1 Å². The van der Waals surface area contributed by atoms with Crippen LogP contribution in [-0.2, 0) is 0 Å². The molecule has 0 saturated heterocycles. The monoisotopic (exact) mass is 1610 g/mol. The molecule has 18 aromatic rings. The van der Waals surface area contributed by atoms with Gasteiger partial charge in [-0.15, -0.1) is 0 Å². The van der Waals surface area contributed by atoms with Crippen molar-refractivity contribution in [3.05, 3.63) is 296 Å². The zero-order chi connectivity index (χ0) is 84.2. The Kier molecular flexibility index (Phi) is 19.8. The van der Waals surface area contributed by atoms with Crippen LogP contribution in [-0.4, -0.2) is 91.7 Å². The van der Waals surface area contributed by atoms with E-state index < -0.39 is 0 Å². The van der Waals surface area contributed by atoms with E-state index in [9.17, 15) is 0 Å². The molecule has 0 aliphatic carbocycles. The first-order chi connectivity index (χ1) is 59.2. The van der Waals surface area contributed by atoms with E-state index in [2.05, 4.69) is 386 Å². The Bertz CT molecular complexity index is 7140. The lowest BCUT2D eigenvalue weighted by molar-refractivity contribution is 0.263. The van der Waals surface area contributed by atoms with Crippen LogP contribution in [0, 0.1) is 34.6 Å². The molecule has 5 atom stereocenters. The van der Waals surface area contributed by atoms with Gasteiger partial charge in [0.25, 0.3) is 0 Å². The van der Waals surface area contributed by atoms with Crippen molar-refractivity contribution in [1.82, 2.24) is 34.7 Å². The number of anilines is 10. The van der Waals surface area contributed by atoms with Gasteiger partial charge in [-0.05, 0) is 222 Å². The van der Waals surface area contributed by atoms with Crippen molar-refractivity contribution in [2.75, 3.05) is 53.3 Å². The van der Waals surface area contributed by atoms with Gasteiger partial charge < -0.3 is 71.1 Å². The number of aromatic nitrogens is 5. The summed E-state index contributed by atoms with van der Waals surface area (Å²) < 4.78 is 30.8. The molecule has 20 heteroatoms. The Balaban J connectivity index is 0.000000101. The Morgan fingerprint density at radius 3 is 0.967 bits per heavy atom. The number of benzene rings is 8. The number of para-hydroxylation sites is 5. The van der Waals surface area contributed by atoms with Gasteiger partial charge in [0.15, 0.2) is 27.9 Å². The van der Waals surface area contributed by atoms with Crippen LogP contribution in [0.15, 0.2) is 290 Å². The zero-order valence-corrected chi connectivity index (χ0v) is 71.7. The lowest BCUT2D eigenvalue weighted by Crippen LogP contribution is -2.42. The van der Waals surface area contributed by atoms with Gasteiger partial charge >= 0.3 is 0 Å². The van der Waals surface area contributed by atoms with Crippen molar-refractivity contribution in [3.63, 3.8) is 0 Å². The van der Waals surface area contributed by atoms with E-state index >= 15 is 0 Å². The number of rotatable bonds is 8. The number of pyridine rings is 5. The smallest absolute Gasteiger partial charge is 0.227 e. The molecule has 0 saturated carbocycles. The second-order valence-electron chi connectivity index (χ2n) is 32.9. The van der Waals surface area contributed by atoms with Crippen molar-refractivity contribution >= 4 is 167 Å². The van der Waals surface area contributed by atoms with Crippen molar-refractivity contribution < 1.29 is 22.1 Å². The number of fused-ring (bicyclic) bond motifs is 17. The highest BCUT2D eigenvalue weighted by Crippen LogP contribution is 2.52. The van der Waals surface area contributed by atoms with Gasteiger partial charge in [0, 0.05) is 154 Å². The molecule has 0 N–H and O–H groups in total. The maximum Gasteiger partial charge on any atom is 0.227 e. The molecule has 0 fully saturated rings. The molecule has 0 bridgehead atoms. The lowest BCUT2D eigenvalue weighted by atomic mass is 10.1. The Morgan fingerprint density at radius 2 is 0.590 bits per heavy atom. The fourth-order valence-corrected chi connectivity index (χ4v) is 18.6. The van der Waals surface area contributed by atoms with E-state index in [1.54, 1.807) is 31.0 Å². The van der Waals surface area contributed by atoms with E-state index in [0.717, 1.165) is 110 Å². The summed E-state index contributed by atoms with van der Waals surface area (Å²) in [5.41, 5.74) is 25.7. The van der Waals surface area contributed by atoms with E-state index in [1.165, 1.54) is 56.3 Å². The van der Waals surface area contributed by atoms with Crippen LogP contribution in [0.1, 0.15) is 90.1 Å². The third-order valence-electron chi connectivity index (χ3n) is 25.0. The van der Waals surface area contributed by atoms with E-state index in [0.29, 0.717) is 40.7 Å². The molecule has 8 aromatic carbocycles. The number of nitrogens with zero attached hydrogens (tertiary/aromatic N) is 15. The number of aryl methyl sites for hydroxylation is 5. The molecule has 0 unspecified atom stereocenters. The predicted molar refractivity (Wildman–Crippen MR) is 500 cm³/mol. The fourth-order valence-electron chi connectivity index (χ4n) is 18.6. The van der Waals surface area contributed by atoms with E-state index in [-0.39, 0.29) is 30.8 Å². The van der Waals surface area contributed by atoms with Gasteiger partial charge in [-0.2, -0.15) is 0 Å². The molecule has 10 aromatic heterocycles. The molecule has 23 rings (SSSR count). The van der Waals surface area contributed by atoms with Gasteiger partial charge in [-0.1, -0.05) is 103 Å². The molecule has 612 valence electrons. The average molecular weight is 1620 g/mol. The van der Waals surface area contributed by atoms with Crippen LogP contribution in [0.4, 0.5) is 56.9 Å². The summed E-state index contributed by atoms with van der Waals surface area (Å²) >= 11 is 0. The van der Waals surface area contributed by atoms with Gasteiger partial charge in [0.05, 0.1) is 51.2 Å². The van der Waals surface area contributed by atoms with Crippen LogP contribution < -0.4 is 39.2 Å². The first-order valence-electron chi connectivity index (χ1n) is 42.1. The maximum atomic E-state index is 6.26. The average Bonchev–Trinajstić information content (AvgIpc) is 1.57. The molecule has 15 heterocycles. The topological polar surface area (TPSA) is 163 Å². The second kappa shape index (κ2) is 31.1. The van der Waals surface area contributed by atoms with Gasteiger partial charge in [0.1, 0.15) is 30.8 Å². The minimum Gasteiger partial charge on any atom is -0.435 e. The van der Waals surface area contributed by atoms with Crippen molar-refractivity contribution in [1.29, 1.82) is 0 Å². The van der Waals surface area contributed by atoms with Crippen LogP contribution >= 0.6 is 0 Å². The highest BCUT2D eigenvalue weighted by molar-refractivity contribution is 6.14. The third kappa shape index (κ3) is 13.0. The molecular formula is C102H99N15O5. The van der Waals surface area contributed by atoms with Crippen molar-refractivity contribution in [2.45, 2.75) is 140 Å². The van der Waals surface area contributed by atoms with Gasteiger partial charge in [0.2, 0.25) is 28.6 Å². The summed E-state index contributed by atoms with van der Waals surface area (Å²) in [5, 5.41) is 10.9. The first-order valence-corrected chi connectivity index (χ1v) is 42.1. The standard InChI is InChI=1S/C23H23N3O.C22H19N3O.C21H19N3O.C19H21N3O.C17H17N3O/c1-14(2)25-16(4)26(20-10-6-5-9-19(20)25)21-15(3)11-12-17-18-8-7-13-24-23(18)27-22(17)21;1-15-10-11-18-19-9-6-12-23-22(19)26-21(18)20(15)25-14-13-24(16(25)2)17-7-4-3-5-8-17;1-13-10-11-15-16-7-6-12-22-21(16)25-20(15)19(13)24-14(2)23(3)17-8-4-5-9-18(17)24;1-12(2)21-10-11-22(14(21)4)17-13(3)7-8-15-16-6-5-9-20-19(16)23-18(15)17;1-11-6-7-13-14-5-4-8-18-17(14)21-16(13)15(11)20-10-9-19(3)12(20)2/h5-14,16H,1-4H3;3-14,16H,1-2H3;4-12,14H,1-3H3;5-12,14H,1-4H3;4-10,12H,1-3H3/t2*16-;2*14-;12-/m00000/s1. The minimum absolute atomic E-state index is 0.155. The zero-order valence-electron chi connectivity index (χ0n) is 71.7. The molecular weight excluding hydrogens is 1520 g/mol. The summed E-state index contributed by atoms with van der Waals surface area (Å²) in [6.45, 7) is 30.7. The molecule has 0 radical (unpaired) electrons. The number of furan rings is 5. The maximum absolute atomic E-state index is 6.26. The van der Waals surface area contributed by atoms with Crippen LogP contribution in [0.2, 0.25) is 0 Å². The Labute approximate surface area is 709 Å². The van der Waals surface area contributed by atoms with Crippen LogP contribution in [0.25, 0.3) is 110 Å². The third-order valence-corrected chi connectivity index (χ3v) is 25.0. The molecule has 0 spiro atoms. The summed E-state index contributed by atoms with van der Waals surface area (Å²) in [4.78, 5) is 45.1. The molecule has 122 heavy (non-hydrogen) atoms. The normalized spacial score (nSPS) is 17.3. The Hall–Kier alpha value is -14.3. The van der Waals surface area contributed by atoms with Gasteiger partial charge in [-0.25, -0.2) is 24.9 Å². The van der Waals surface area contributed by atoms with Crippen LogP contribution in [0.3, 0.4) is 0 Å². The molecule has 5 aliphatic heterocycles. The minimum atomic E-state index is 0.155. The lowest BCUT2D eigenvalue weighted by Gasteiger charge is -2.33. The van der Waals surface area contributed by atoms with Crippen molar-refractivity contribution in [2.24, 2.45) is 0 Å². The number of hydrogen-bond acceptors (Lipinski definition) is 20. The highest BCUT2D eigenvalue weighted by Gasteiger charge is 2.39. The second-order valence-corrected chi connectivity index (χ2v) is 32.9. The molecule has 0 amide bonds. The fraction of sp³-hybridized carbons (Fsp3) is 0.225. The Morgan fingerprint density at radius 1 is 0.270 bits per heavy atom. The SMILES string of the molecule is Cc1ccc2c(oc3ncccc32)c1N1C=CN(C(C)C)[C@@H]1C.Cc1ccc2c(oc3ncccc32)c1N1C=CN(C)[C@@H]1C.Cc1ccc2c(oc3ncccc32)c1N1C=CN(c2ccccc2)[C@@H]1C.Cc1ccc2c(oc3ncccc32)c1N1c2ccccc2N(C(C)C)[C@@H]1C.Cc1ccc2c(oc3ncccc32)c1N1c2ccccc2N(C)[C@@H]1C. The molecule has 20 nitrogen and oxygen atoms in total. The molecule has 5 aliphatic rings.